The molecule has 6 nitrogen and oxygen atoms in total. The lowest BCUT2D eigenvalue weighted by atomic mass is 10.00. The molecule has 1 aromatic carbocycles. The standard InChI is InChI=1S/C18H28N6.HI/c1-6-17-23-22-12-24(17)8-7-20-18(19-5)21-11-16-14(3)9-13(2)10-15(16)4;/h9-10,12H,6-8,11H2,1-5H3,(H2,19,20,21);1H. The molecule has 0 spiro atoms. The SMILES string of the molecule is CCc1nncn1CCNC(=NC)NCc1c(C)cc(C)cc1C.I. The van der Waals surface area contributed by atoms with Crippen LogP contribution in [0.1, 0.15) is 35.0 Å². The minimum Gasteiger partial charge on any atom is -0.355 e. The van der Waals surface area contributed by atoms with Gasteiger partial charge in [0, 0.05) is 33.1 Å². The van der Waals surface area contributed by atoms with Crippen molar-refractivity contribution in [1.82, 2.24) is 25.4 Å². The van der Waals surface area contributed by atoms with Crippen molar-refractivity contribution in [1.29, 1.82) is 0 Å². The zero-order valence-corrected chi connectivity index (χ0v) is 18.1. The molecule has 0 fully saturated rings. The fourth-order valence-electron chi connectivity index (χ4n) is 2.92. The van der Waals surface area contributed by atoms with Crippen LogP contribution in [0.25, 0.3) is 0 Å². The average molecular weight is 456 g/mol. The first-order chi connectivity index (χ1) is 11.5. The summed E-state index contributed by atoms with van der Waals surface area (Å²) in [5.41, 5.74) is 5.26. The van der Waals surface area contributed by atoms with Crippen molar-refractivity contribution in [3.63, 3.8) is 0 Å². The Balaban J connectivity index is 0.00000312. The van der Waals surface area contributed by atoms with Gasteiger partial charge in [-0.2, -0.15) is 0 Å². The van der Waals surface area contributed by atoms with Gasteiger partial charge in [-0.3, -0.25) is 4.99 Å². The molecule has 7 heteroatoms. The summed E-state index contributed by atoms with van der Waals surface area (Å²) in [5.74, 6) is 1.81. The first kappa shape index (κ1) is 21.4. The van der Waals surface area contributed by atoms with Crippen LogP contribution in [0.4, 0.5) is 0 Å². The summed E-state index contributed by atoms with van der Waals surface area (Å²) in [7, 11) is 1.79. The van der Waals surface area contributed by atoms with Crippen LogP contribution in [0.5, 0.6) is 0 Å². The summed E-state index contributed by atoms with van der Waals surface area (Å²) in [4.78, 5) is 4.30. The molecule has 0 saturated carbocycles. The van der Waals surface area contributed by atoms with Crippen molar-refractivity contribution in [2.45, 2.75) is 47.2 Å². The largest absolute Gasteiger partial charge is 0.355 e. The summed E-state index contributed by atoms with van der Waals surface area (Å²) < 4.78 is 2.06. The van der Waals surface area contributed by atoms with Gasteiger partial charge in [-0.05, 0) is 37.5 Å². The maximum Gasteiger partial charge on any atom is 0.191 e. The van der Waals surface area contributed by atoms with Gasteiger partial charge in [0.15, 0.2) is 5.96 Å². The Kier molecular flexibility index (Phi) is 8.88. The van der Waals surface area contributed by atoms with Crippen LogP contribution in [0.3, 0.4) is 0 Å². The normalized spacial score (nSPS) is 11.2. The van der Waals surface area contributed by atoms with Crippen LogP contribution in [0, 0.1) is 20.8 Å². The Bertz CT molecular complexity index is 684. The van der Waals surface area contributed by atoms with Crippen molar-refractivity contribution in [2.24, 2.45) is 4.99 Å². The molecule has 0 bridgehead atoms. The molecule has 1 heterocycles. The number of hydrogen-bond acceptors (Lipinski definition) is 3. The quantitative estimate of drug-likeness (QED) is 0.399. The molecular formula is C18H29IN6. The molecule has 138 valence electrons. The predicted molar refractivity (Wildman–Crippen MR) is 114 cm³/mol. The molecule has 2 N–H and O–H groups in total. The molecule has 0 unspecified atom stereocenters. The minimum atomic E-state index is 0. The van der Waals surface area contributed by atoms with Gasteiger partial charge in [0.25, 0.3) is 0 Å². The van der Waals surface area contributed by atoms with Gasteiger partial charge in [-0.25, -0.2) is 0 Å². The van der Waals surface area contributed by atoms with Crippen LogP contribution in [0.2, 0.25) is 0 Å². The van der Waals surface area contributed by atoms with Crippen LogP contribution in [-0.4, -0.2) is 34.3 Å². The Morgan fingerprint density at radius 3 is 2.44 bits per heavy atom. The minimum absolute atomic E-state index is 0. The first-order valence-electron chi connectivity index (χ1n) is 8.43. The van der Waals surface area contributed by atoms with E-state index in [1.807, 2.05) is 0 Å². The highest BCUT2D eigenvalue weighted by molar-refractivity contribution is 14.0. The van der Waals surface area contributed by atoms with Crippen molar-refractivity contribution < 1.29 is 0 Å². The maximum absolute atomic E-state index is 4.30. The number of aromatic nitrogens is 3. The Labute approximate surface area is 167 Å². The topological polar surface area (TPSA) is 67.1 Å². The van der Waals surface area contributed by atoms with Crippen LogP contribution < -0.4 is 10.6 Å². The monoisotopic (exact) mass is 456 g/mol. The highest BCUT2D eigenvalue weighted by Gasteiger charge is 2.06. The molecule has 0 aliphatic carbocycles. The molecule has 0 atom stereocenters. The molecule has 0 amide bonds. The van der Waals surface area contributed by atoms with E-state index in [1.165, 1.54) is 22.3 Å². The second kappa shape index (κ2) is 10.4. The molecule has 0 aliphatic rings. The van der Waals surface area contributed by atoms with Crippen molar-refractivity contribution in [2.75, 3.05) is 13.6 Å². The third kappa shape index (κ3) is 5.98. The van der Waals surface area contributed by atoms with Gasteiger partial charge in [0.05, 0.1) is 0 Å². The van der Waals surface area contributed by atoms with E-state index in [9.17, 15) is 0 Å². The second-order valence-electron chi connectivity index (χ2n) is 6.02. The van der Waals surface area contributed by atoms with Crippen molar-refractivity contribution in [3.8, 4) is 0 Å². The van der Waals surface area contributed by atoms with Gasteiger partial charge in [0.2, 0.25) is 0 Å². The van der Waals surface area contributed by atoms with E-state index in [0.29, 0.717) is 0 Å². The summed E-state index contributed by atoms with van der Waals surface area (Å²) >= 11 is 0. The first-order valence-corrected chi connectivity index (χ1v) is 8.43. The third-order valence-electron chi connectivity index (χ3n) is 4.15. The van der Waals surface area contributed by atoms with Gasteiger partial charge in [0.1, 0.15) is 12.2 Å². The van der Waals surface area contributed by atoms with E-state index < -0.39 is 0 Å². The highest BCUT2D eigenvalue weighted by atomic mass is 127. The number of nitrogens with zero attached hydrogens (tertiary/aromatic N) is 4. The molecular weight excluding hydrogens is 427 g/mol. The number of benzene rings is 1. The molecule has 25 heavy (non-hydrogen) atoms. The number of halogens is 1. The molecule has 0 saturated heterocycles. The second-order valence-corrected chi connectivity index (χ2v) is 6.02. The zero-order chi connectivity index (χ0) is 17.5. The average Bonchev–Trinajstić information content (AvgIpc) is 2.99. The van der Waals surface area contributed by atoms with E-state index in [4.69, 9.17) is 0 Å². The van der Waals surface area contributed by atoms with E-state index >= 15 is 0 Å². The van der Waals surface area contributed by atoms with Gasteiger partial charge < -0.3 is 15.2 Å². The Morgan fingerprint density at radius 2 is 1.84 bits per heavy atom. The Hall–Kier alpha value is -1.64. The number of hydrogen-bond donors (Lipinski definition) is 2. The molecule has 0 aliphatic heterocycles. The number of aryl methyl sites for hydroxylation is 4. The van der Waals surface area contributed by atoms with Crippen molar-refractivity contribution in [3.05, 3.63) is 46.5 Å². The van der Waals surface area contributed by atoms with E-state index in [-0.39, 0.29) is 24.0 Å². The van der Waals surface area contributed by atoms with Crippen molar-refractivity contribution >= 4 is 29.9 Å². The Morgan fingerprint density at radius 1 is 1.16 bits per heavy atom. The molecule has 0 radical (unpaired) electrons. The zero-order valence-electron chi connectivity index (χ0n) is 15.8. The smallest absolute Gasteiger partial charge is 0.191 e. The maximum atomic E-state index is 4.30. The highest BCUT2D eigenvalue weighted by Crippen LogP contribution is 2.15. The third-order valence-corrected chi connectivity index (χ3v) is 4.15. The number of rotatable bonds is 6. The summed E-state index contributed by atoms with van der Waals surface area (Å²) in [6, 6.07) is 4.44. The van der Waals surface area contributed by atoms with Gasteiger partial charge in [-0.1, -0.05) is 24.6 Å². The lowest BCUT2D eigenvalue weighted by Crippen LogP contribution is -2.38. The fourth-order valence-corrected chi connectivity index (χ4v) is 2.92. The molecule has 2 rings (SSSR count). The van der Waals surface area contributed by atoms with Gasteiger partial charge in [-0.15, -0.1) is 34.2 Å². The number of guanidine groups is 1. The van der Waals surface area contributed by atoms with Crippen LogP contribution >= 0.6 is 24.0 Å². The van der Waals surface area contributed by atoms with E-state index in [0.717, 1.165) is 37.8 Å². The molecule has 2 aromatic rings. The van der Waals surface area contributed by atoms with E-state index in [2.05, 4.69) is 70.2 Å². The summed E-state index contributed by atoms with van der Waals surface area (Å²) in [5, 5.41) is 14.8. The van der Waals surface area contributed by atoms with Crippen LogP contribution in [0.15, 0.2) is 23.5 Å². The molecule has 1 aromatic heterocycles. The number of nitrogens with one attached hydrogen (secondary N) is 2. The lowest BCUT2D eigenvalue weighted by molar-refractivity contribution is 0.632. The van der Waals surface area contributed by atoms with Crippen LogP contribution in [-0.2, 0) is 19.5 Å². The van der Waals surface area contributed by atoms with E-state index in [1.54, 1.807) is 13.4 Å². The lowest BCUT2D eigenvalue weighted by Gasteiger charge is -2.16. The fraction of sp³-hybridized carbons (Fsp3) is 0.500. The number of aliphatic imine (C=N–C) groups is 1. The predicted octanol–water partition coefficient (Wildman–Crippen LogP) is 2.75. The summed E-state index contributed by atoms with van der Waals surface area (Å²) in [6.45, 7) is 10.9. The van der Waals surface area contributed by atoms with Gasteiger partial charge >= 0.3 is 0 Å². The summed E-state index contributed by atoms with van der Waals surface area (Å²) in [6.07, 6.45) is 2.66.